The zero-order valence-corrected chi connectivity index (χ0v) is 15.8. The van der Waals surface area contributed by atoms with Crippen molar-refractivity contribution in [3.05, 3.63) is 23.2 Å². The van der Waals surface area contributed by atoms with Gasteiger partial charge in [-0.25, -0.2) is 8.42 Å². The number of nitrogens with zero attached hydrogens (tertiary/aromatic N) is 2. The number of halogens is 1. The standard InChI is InChI=1S/C16H24ClN3O3S/c1-4-10-24(22,23)20-9-5-6-15(20)16(21)18-12-7-8-14(19(2)3)13(17)11-12/h7-8,11,15H,4-6,9-10H2,1-3H3,(H,18,21). The van der Waals surface area contributed by atoms with Gasteiger partial charge < -0.3 is 10.2 Å². The lowest BCUT2D eigenvalue weighted by molar-refractivity contribution is -0.119. The Hall–Kier alpha value is -1.31. The van der Waals surface area contributed by atoms with Crippen molar-refractivity contribution in [1.82, 2.24) is 4.31 Å². The van der Waals surface area contributed by atoms with E-state index in [1.807, 2.05) is 32.0 Å². The smallest absolute Gasteiger partial charge is 0.242 e. The Morgan fingerprint density at radius 3 is 2.71 bits per heavy atom. The second-order valence-corrected chi connectivity index (χ2v) is 8.58. The number of sulfonamides is 1. The van der Waals surface area contributed by atoms with Gasteiger partial charge in [-0.1, -0.05) is 18.5 Å². The molecule has 1 N–H and O–H groups in total. The van der Waals surface area contributed by atoms with Crippen LogP contribution in [0, 0.1) is 0 Å². The molecular formula is C16H24ClN3O3S. The van der Waals surface area contributed by atoms with E-state index in [0.29, 0.717) is 36.5 Å². The second kappa shape index (κ2) is 7.72. The molecule has 6 nitrogen and oxygen atoms in total. The predicted octanol–water partition coefficient (Wildman–Crippen LogP) is 2.55. The molecule has 0 bridgehead atoms. The number of hydrogen-bond acceptors (Lipinski definition) is 4. The number of rotatable bonds is 6. The maximum Gasteiger partial charge on any atom is 0.242 e. The quantitative estimate of drug-likeness (QED) is 0.831. The van der Waals surface area contributed by atoms with Gasteiger partial charge in [-0.15, -0.1) is 0 Å². The second-order valence-electron chi connectivity index (χ2n) is 6.13. The van der Waals surface area contributed by atoms with E-state index < -0.39 is 16.1 Å². The minimum atomic E-state index is -3.38. The molecule has 1 aromatic rings. The fourth-order valence-corrected chi connectivity index (χ4v) is 4.98. The van der Waals surface area contributed by atoms with Gasteiger partial charge in [-0.3, -0.25) is 4.79 Å². The van der Waals surface area contributed by atoms with Crippen molar-refractivity contribution in [3.63, 3.8) is 0 Å². The van der Waals surface area contributed by atoms with Gasteiger partial charge in [0, 0.05) is 26.3 Å². The van der Waals surface area contributed by atoms with Crippen LogP contribution in [0.15, 0.2) is 18.2 Å². The van der Waals surface area contributed by atoms with Gasteiger partial charge >= 0.3 is 0 Å². The summed E-state index contributed by atoms with van der Waals surface area (Å²) in [5, 5.41) is 3.31. The molecule has 1 atom stereocenters. The van der Waals surface area contributed by atoms with Gasteiger partial charge in [0.2, 0.25) is 15.9 Å². The van der Waals surface area contributed by atoms with Crippen LogP contribution in [-0.4, -0.2) is 51.1 Å². The monoisotopic (exact) mass is 373 g/mol. The summed E-state index contributed by atoms with van der Waals surface area (Å²) in [6.45, 7) is 2.22. The maximum atomic E-state index is 12.5. The summed E-state index contributed by atoms with van der Waals surface area (Å²) in [4.78, 5) is 14.4. The van der Waals surface area contributed by atoms with Crippen LogP contribution in [0.25, 0.3) is 0 Å². The average Bonchev–Trinajstić information content (AvgIpc) is 2.97. The van der Waals surface area contributed by atoms with Crippen molar-refractivity contribution in [3.8, 4) is 0 Å². The lowest BCUT2D eigenvalue weighted by Gasteiger charge is -2.23. The minimum absolute atomic E-state index is 0.0696. The van der Waals surface area contributed by atoms with Crippen LogP contribution in [0.5, 0.6) is 0 Å². The van der Waals surface area contributed by atoms with Crippen molar-refractivity contribution in [2.45, 2.75) is 32.2 Å². The maximum absolute atomic E-state index is 12.5. The Balaban J connectivity index is 2.13. The molecule has 1 aromatic carbocycles. The highest BCUT2D eigenvalue weighted by atomic mass is 35.5. The number of nitrogens with one attached hydrogen (secondary N) is 1. The fraction of sp³-hybridized carbons (Fsp3) is 0.562. The van der Waals surface area contributed by atoms with E-state index in [-0.39, 0.29) is 11.7 Å². The number of anilines is 2. The summed E-state index contributed by atoms with van der Waals surface area (Å²) >= 11 is 6.21. The van der Waals surface area contributed by atoms with Crippen LogP contribution in [0.3, 0.4) is 0 Å². The molecule has 0 radical (unpaired) electrons. The fourth-order valence-electron chi connectivity index (χ4n) is 2.88. The number of carbonyl (C=O) groups excluding carboxylic acids is 1. The first-order valence-electron chi connectivity index (χ1n) is 8.03. The van der Waals surface area contributed by atoms with E-state index in [4.69, 9.17) is 11.6 Å². The topological polar surface area (TPSA) is 69.7 Å². The van der Waals surface area contributed by atoms with E-state index in [1.54, 1.807) is 12.1 Å². The van der Waals surface area contributed by atoms with Gasteiger partial charge in [0.25, 0.3) is 0 Å². The van der Waals surface area contributed by atoms with Crippen molar-refractivity contribution in [2.75, 3.05) is 36.6 Å². The molecule has 1 heterocycles. The molecule has 1 fully saturated rings. The van der Waals surface area contributed by atoms with E-state index in [0.717, 1.165) is 5.69 Å². The van der Waals surface area contributed by atoms with Crippen molar-refractivity contribution in [2.24, 2.45) is 0 Å². The Bertz CT molecular complexity index is 707. The highest BCUT2D eigenvalue weighted by Gasteiger charge is 2.38. The number of benzene rings is 1. The summed E-state index contributed by atoms with van der Waals surface area (Å²) in [5.74, 6) is -0.235. The molecule has 0 aromatic heterocycles. The zero-order valence-electron chi connectivity index (χ0n) is 14.3. The summed E-state index contributed by atoms with van der Waals surface area (Å²) < 4.78 is 25.9. The van der Waals surface area contributed by atoms with E-state index in [1.165, 1.54) is 4.31 Å². The molecule has 1 unspecified atom stereocenters. The summed E-state index contributed by atoms with van der Waals surface area (Å²) in [7, 11) is 0.384. The molecule has 2 rings (SSSR count). The van der Waals surface area contributed by atoms with Gasteiger partial charge in [0.05, 0.1) is 16.5 Å². The van der Waals surface area contributed by atoms with Crippen LogP contribution < -0.4 is 10.2 Å². The van der Waals surface area contributed by atoms with Gasteiger partial charge in [-0.2, -0.15) is 4.31 Å². The normalized spacial score (nSPS) is 18.6. The van der Waals surface area contributed by atoms with Gasteiger partial charge in [0.1, 0.15) is 6.04 Å². The third-order valence-corrected chi connectivity index (χ3v) is 6.40. The van der Waals surface area contributed by atoms with Crippen LogP contribution >= 0.6 is 11.6 Å². The van der Waals surface area contributed by atoms with Gasteiger partial charge in [0.15, 0.2) is 0 Å². The highest BCUT2D eigenvalue weighted by Crippen LogP contribution is 2.28. The third kappa shape index (κ3) is 4.20. The van der Waals surface area contributed by atoms with Crippen LogP contribution in [0.1, 0.15) is 26.2 Å². The van der Waals surface area contributed by atoms with Gasteiger partial charge in [-0.05, 0) is 37.5 Å². The number of hydrogen-bond donors (Lipinski definition) is 1. The third-order valence-electron chi connectivity index (χ3n) is 4.02. The average molecular weight is 374 g/mol. The summed E-state index contributed by atoms with van der Waals surface area (Å²) in [6.07, 6.45) is 1.77. The Morgan fingerprint density at radius 1 is 1.42 bits per heavy atom. The van der Waals surface area contributed by atoms with E-state index in [9.17, 15) is 13.2 Å². The molecule has 1 amide bonds. The summed E-state index contributed by atoms with van der Waals surface area (Å²) in [5.41, 5.74) is 1.41. The molecule has 1 saturated heterocycles. The molecular weight excluding hydrogens is 350 g/mol. The van der Waals surface area contributed by atoms with E-state index >= 15 is 0 Å². The zero-order chi connectivity index (χ0) is 17.9. The van der Waals surface area contributed by atoms with Crippen molar-refractivity contribution in [1.29, 1.82) is 0 Å². The molecule has 8 heteroatoms. The molecule has 24 heavy (non-hydrogen) atoms. The summed E-state index contributed by atoms with van der Waals surface area (Å²) in [6, 6.07) is 4.61. The van der Waals surface area contributed by atoms with Crippen LogP contribution in [0.2, 0.25) is 5.02 Å². The lowest BCUT2D eigenvalue weighted by Crippen LogP contribution is -2.44. The molecule has 0 aliphatic carbocycles. The number of amides is 1. The van der Waals surface area contributed by atoms with E-state index in [2.05, 4.69) is 5.32 Å². The predicted molar refractivity (Wildman–Crippen MR) is 98.2 cm³/mol. The number of carbonyl (C=O) groups is 1. The van der Waals surface area contributed by atoms with Crippen LogP contribution in [-0.2, 0) is 14.8 Å². The van der Waals surface area contributed by atoms with Crippen molar-refractivity contribution >= 4 is 38.9 Å². The van der Waals surface area contributed by atoms with Crippen molar-refractivity contribution < 1.29 is 13.2 Å². The van der Waals surface area contributed by atoms with Crippen LogP contribution in [0.4, 0.5) is 11.4 Å². The molecule has 1 aliphatic rings. The Kier molecular flexibility index (Phi) is 6.11. The minimum Gasteiger partial charge on any atom is -0.376 e. The SMILES string of the molecule is CCCS(=O)(=O)N1CCCC1C(=O)Nc1ccc(N(C)C)c(Cl)c1. The largest absolute Gasteiger partial charge is 0.376 e. The molecule has 0 spiro atoms. The Morgan fingerprint density at radius 2 is 2.12 bits per heavy atom. The highest BCUT2D eigenvalue weighted by molar-refractivity contribution is 7.89. The molecule has 0 saturated carbocycles. The first kappa shape index (κ1) is 19.0. The molecule has 1 aliphatic heterocycles. The Labute approximate surface area is 148 Å². The lowest BCUT2D eigenvalue weighted by atomic mass is 10.2. The first-order chi connectivity index (χ1) is 11.3. The first-order valence-corrected chi connectivity index (χ1v) is 10.0. The molecule has 134 valence electrons.